The second kappa shape index (κ2) is 4.24. The fourth-order valence-corrected chi connectivity index (χ4v) is 3.62. The van der Waals surface area contributed by atoms with E-state index >= 15 is 0 Å². The van der Waals surface area contributed by atoms with Gasteiger partial charge in [0.25, 0.3) is 0 Å². The van der Waals surface area contributed by atoms with Crippen LogP contribution < -0.4 is 5.32 Å². The normalized spacial score (nSPS) is 27.6. The molecule has 82 valence electrons. The molecule has 0 aromatic carbocycles. The van der Waals surface area contributed by atoms with E-state index in [1.165, 1.54) is 45.4 Å². The molecule has 0 saturated carbocycles. The van der Waals surface area contributed by atoms with Gasteiger partial charge in [0.1, 0.15) is 0 Å². The smallest absolute Gasteiger partial charge is 0.0248 e. The van der Waals surface area contributed by atoms with Gasteiger partial charge in [0.15, 0.2) is 0 Å². The highest BCUT2D eigenvalue weighted by Crippen LogP contribution is 2.26. The van der Waals surface area contributed by atoms with E-state index in [0.29, 0.717) is 0 Å². The number of thiophene rings is 1. The summed E-state index contributed by atoms with van der Waals surface area (Å²) in [4.78, 5) is 4.29. The molecule has 0 spiro atoms. The van der Waals surface area contributed by atoms with Crippen molar-refractivity contribution in [2.75, 3.05) is 19.6 Å². The maximum absolute atomic E-state index is 3.51. The van der Waals surface area contributed by atoms with Gasteiger partial charge in [-0.1, -0.05) is 0 Å². The second-order valence-electron chi connectivity index (χ2n) is 4.59. The van der Waals surface area contributed by atoms with Crippen molar-refractivity contribution in [3.63, 3.8) is 0 Å². The maximum atomic E-state index is 3.51. The van der Waals surface area contributed by atoms with Gasteiger partial charge in [-0.15, -0.1) is 11.3 Å². The lowest BCUT2D eigenvalue weighted by Gasteiger charge is -2.36. The van der Waals surface area contributed by atoms with Crippen LogP contribution in [0.5, 0.6) is 0 Å². The lowest BCUT2D eigenvalue weighted by atomic mass is 10.0. The largest absolute Gasteiger partial charge is 0.315 e. The van der Waals surface area contributed by atoms with Gasteiger partial charge in [-0.2, -0.15) is 0 Å². The van der Waals surface area contributed by atoms with Crippen LogP contribution in [0, 0.1) is 0 Å². The number of nitrogens with one attached hydrogen (secondary N) is 1. The van der Waals surface area contributed by atoms with Crippen molar-refractivity contribution in [3.8, 4) is 0 Å². The van der Waals surface area contributed by atoms with Gasteiger partial charge >= 0.3 is 0 Å². The third-order valence-electron chi connectivity index (χ3n) is 3.62. The molecular formula is C12H18N2S. The van der Waals surface area contributed by atoms with Crippen molar-refractivity contribution >= 4 is 11.3 Å². The summed E-state index contributed by atoms with van der Waals surface area (Å²) in [5, 5.41) is 5.75. The predicted molar refractivity (Wildman–Crippen MR) is 64.3 cm³/mol. The Labute approximate surface area is 95.3 Å². The van der Waals surface area contributed by atoms with Crippen molar-refractivity contribution in [1.29, 1.82) is 0 Å². The van der Waals surface area contributed by atoms with E-state index in [9.17, 15) is 0 Å². The van der Waals surface area contributed by atoms with Crippen LogP contribution >= 0.6 is 11.3 Å². The fourth-order valence-electron chi connectivity index (χ4n) is 2.73. The molecular weight excluding hydrogens is 204 g/mol. The molecule has 2 aliphatic rings. The minimum absolute atomic E-state index is 0.784. The van der Waals surface area contributed by atoms with Gasteiger partial charge in [-0.05, 0) is 42.8 Å². The molecule has 0 amide bonds. The monoisotopic (exact) mass is 222 g/mol. The Bertz CT molecular complexity index is 328. The maximum Gasteiger partial charge on any atom is 0.0248 e. The van der Waals surface area contributed by atoms with Gasteiger partial charge in [0, 0.05) is 30.6 Å². The molecule has 1 N–H and O–H groups in total. The van der Waals surface area contributed by atoms with Gasteiger partial charge < -0.3 is 5.32 Å². The summed E-state index contributed by atoms with van der Waals surface area (Å²) in [6, 6.07) is 3.09. The summed E-state index contributed by atoms with van der Waals surface area (Å²) in [6.45, 7) is 4.86. The third-order valence-corrected chi connectivity index (χ3v) is 4.65. The lowest BCUT2D eigenvalue weighted by Crippen LogP contribution is -2.47. The standard InChI is InChI=1S/C12H18N2S/c1-2-11(8-13-5-1)14-6-3-12-10(9-14)4-7-15-12/h4,7,11,13H,1-3,5-6,8-9H2. The molecule has 3 rings (SSSR count). The van der Waals surface area contributed by atoms with Gasteiger partial charge in [0.05, 0.1) is 0 Å². The highest BCUT2D eigenvalue weighted by atomic mass is 32.1. The van der Waals surface area contributed by atoms with Crippen molar-refractivity contribution in [2.24, 2.45) is 0 Å². The minimum Gasteiger partial charge on any atom is -0.315 e. The van der Waals surface area contributed by atoms with E-state index in [2.05, 4.69) is 21.7 Å². The number of hydrogen-bond donors (Lipinski definition) is 1. The van der Waals surface area contributed by atoms with Crippen molar-refractivity contribution in [2.45, 2.75) is 31.8 Å². The molecule has 0 aliphatic carbocycles. The molecule has 3 heterocycles. The zero-order chi connectivity index (χ0) is 10.1. The number of nitrogens with zero attached hydrogens (tertiary/aromatic N) is 1. The van der Waals surface area contributed by atoms with E-state index in [0.717, 1.165) is 6.04 Å². The molecule has 1 aromatic heterocycles. The highest BCUT2D eigenvalue weighted by Gasteiger charge is 2.24. The molecule has 1 fully saturated rings. The summed E-state index contributed by atoms with van der Waals surface area (Å²) in [7, 11) is 0. The summed E-state index contributed by atoms with van der Waals surface area (Å²) >= 11 is 1.93. The highest BCUT2D eigenvalue weighted by molar-refractivity contribution is 7.10. The van der Waals surface area contributed by atoms with E-state index in [1.54, 1.807) is 10.4 Å². The summed E-state index contributed by atoms with van der Waals surface area (Å²) in [5.74, 6) is 0. The minimum atomic E-state index is 0.784. The van der Waals surface area contributed by atoms with Crippen LogP contribution in [0.3, 0.4) is 0 Å². The number of piperidine rings is 1. The predicted octanol–water partition coefficient (Wildman–Crippen LogP) is 1.86. The second-order valence-corrected chi connectivity index (χ2v) is 5.59. The van der Waals surface area contributed by atoms with E-state index < -0.39 is 0 Å². The molecule has 2 aliphatic heterocycles. The fraction of sp³-hybridized carbons (Fsp3) is 0.667. The van der Waals surface area contributed by atoms with Gasteiger partial charge in [-0.25, -0.2) is 0 Å². The molecule has 15 heavy (non-hydrogen) atoms. The average Bonchev–Trinajstić information content (AvgIpc) is 2.77. The van der Waals surface area contributed by atoms with Crippen LogP contribution in [0.2, 0.25) is 0 Å². The van der Waals surface area contributed by atoms with Crippen molar-refractivity contribution < 1.29 is 0 Å². The first-order chi connectivity index (χ1) is 7.43. The molecule has 3 heteroatoms. The molecule has 0 bridgehead atoms. The summed E-state index contributed by atoms with van der Waals surface area (Å²) in [6.07, 6.45) is 3.99. The van der Waals surface area contributed by atoms with Gasteiger partial charge in [-0.3, -0.25) is 4.90 Å². The Morgan fingerprint density at radius 3 is 3.33 bits per heavy atom. The van der Waals surface area contributed by atoms with Crippen LogP contribution in [0.4, 0.5) is 0 Å². The Balaban J connectivity index is 1.69. The van der Waals surface area contributed by atoms with Crippen molar-refractivity contribution in [1.82, 2.24) is 10.2 Å². The molecule has 0 radical (unpaired) electrons. The third kappa shape index (κ3) is 1.96. The molecule has 1 saturated heterocycles. The number of hydrogen-bond acceptors (Lipinski definition) is 3. The molecule has 1 aromatic rings. The van der Waals surface area contributed by atoms with E-state index in [-0.39, 0.29) is 0 Å². The van der Waals surface area contributed by atoms with Crippen LogP contribution in [0.25, 0.3) is 0 Å². The zero-order valence-corrected chi connectivity index (χ0v) is 9.85. The summed E-state index contributed by atoms with van der Waals surface area (Å²) < 4.78 is 0. The first kappa shape index (κ1) is 9.82. The Morgan fingerprint density at radius 1 is 1.47 bits per heavy atom. The number of fused-ring (bicyclic) bond motifs is 1. The zero-order valence-electron chi connectivity index (χ0n) is 9.04. The number of rotatable bonds is 1. The first-order valence-corrected chi connectivity index (χ1v) is 6.81. The van der Waals surface area contributed by atoms with E-state index in [1.807, 2.05) is 11.3 Å². The van der Waals surface area contributed by atoms with Crippen LogP contribution in [-0.2, 0) is 13.0 Å². The van der Waals surface area contributed by atoms with Gasteiger partial charge in [0.2, 0.25) is 0 Å². The Kier molecular flexibility index (Phi) is 2.77. The van der Waals surface area contributed by atoms with Crippen LogP contribution in [0.15, 0.2) is 11.4 Å². The molecule has 2 nitrogen and oxygen atoms in total. The first-order valence-electron chi connectivity index (χ1n) is 5.93. The molecule has 1 atom stereocenters. The van der Waals surface area contributed by atoms with Crippen LogP contribution in [-0.4, -0.2) is 30.6 Å². The molecule has 1 unspecified atom stereocenters. The Hall–Kier alpha value is -0.380. The van der Waals surface area contributed by atoms with E-state index in [4.69, 9.17) is 0 Å². The summed E-state index contributed by atoms with van der Waals surface area (Å²) in [5.41, 5.74) is 1.58. The quantitative estimate of drug-likeness (QED) is 0.780. The lowest BCUT2D eigenvalue weighted by molar-refractivity contribution is 0.152. The Morgan fingerprint density at radius 2 is 2.47 bits per heavy atom. The van der Waals surface area contributed by atoms with Crippen LogP contribution in [0.1, 0.15) is 23.3 Å². The average molecular weight is 222 g/mol. The topological polar surface area (TPSA) is 15.3 Å². The van der Waals surface area contributed by atoms with Crippen molar-refractivity contribution in [3.05, 3.63) is 21.9 Å². The SMILES string of the molecule is c1cc2c(s1)CCN(C1CCCNC1)C2.